The highest BCUT2D eigenvalue weighted by atomic mass is 32.1. The van der Waals surface area contributed by atoms with Gasteiger partial charge in [-0.3, -0.25) is 4.79 Å². The summed E-state index contributed by atoms with van der Waals surface area (Å²) < 4.78 is 6.09. The first-order chi connectivity index (χ1) is 8.22. The van der Waals surface area contributed by atoms with Crippen molar-refractivity contribution >= 4 is 27.2 Å². The Balaban J connectivity index is 2.16. The molecule has 0 amide bonds. The SMILES string of the molecule is COCC(N)C(=O)Cc1csc2ccccc12. The third-order valence-corrected chi connectivity index (χ3v) is 3.70. The van der Waals surface area contributed by atoms with E-state index in [-0.39, 0.29) is 12.4 Å². The van der Waals surface area contributed by atoms with Crippen molar-refractivity contribution in [3.05, 3.63) is 35.2 Å². The Bertz CT molecular complexity index is 521. The van der Waals surface area contributed by atoms with Crippen molar-refractivity contribution in [3.63, 3.8) is 0 Å². The van der Waals surface area contributed by atoms with Gasteiger partial charge in [-0.15, -0.1) is 11.3 Å². The molecule has 17 heavy (non-hydrogen) atoms. The Hall–Kier alpha value is -1.23. The van der Waals surface area contributed by atoms with Crippen LogP contribution in [0.15, 0.2) is 29.6 Å². The number of ether oxygens (including phenoxy) is 1. The summed E-state index contributed by atoms with van der Waals surface area (Å²) in [5.74, 6) is 0.0235. The zero-order chi connectivity index (χ0) is 12.3. The highest BCUT2D eigenvalue weighted by Crippen LogP contribution is 2.26. The molecule has 0 radical (unpaired) electrons. The molecule has 1 heterocycles. The van der Waals surface area contributed by atoms with E-state index in [9.17, 15) is 4.79 Å². The average Bonchev–Trinajstić information content (AvgIpc) is 2.73. The molecule has 1 aromatic carbocycles. The van der Waals surface area contributed by atoms with Crippen LogP contribution in [0.25, 0.3) is 10.1 Å². The van der Waals surface area contributed by atoms with E-state index >= 15 is 0 Å². The lowest BCUT2D eigenvalue weighted by atomic mass is 10.0. The number of hydrogen-bond donors (Lipinski definition) is 1. The highest BCUT2D eigenvalue weighted by Gasteiger charge is 2.15. The molecule has 0 saturated heterocycles. The first-order valence-electron chi connectivity index (χ1n) is 5.44. The Labute approximate surface area is 104 Å². The third kappa shape index (κ3) is 2.72. The van der Waals surface area contributed by atoms with Crippen molar-refractivity contribution in [1.29, 1.82) is 0 Å². The Morgan fingerprint density at radius 3 is 3.00 bits per heavy atom. The van der Waals surface area contributed by atoms with E-state index in [2.05, 4.69) is 6.07 Å². The molecule has 2 aromatic rings. The maximum Gasteiger partial charge on any atom is 0.156 e. The molecular weight excluding hydrogens is 234 g/mol. The zero-order valence-electron chi connectivity index (χ0n) is 9.68. The van der Waals surface area contributed by atoms with Crippen molar-refractivity contribution in [2.45, 2.75) is 12.5 Å². The van der Waals surface area contributed by atoms with E-state index in [0.717, 1.165) is 10.9 Å². The predicted octanol–water partition coefficient (Wildman–Crippen LogP) is 1.99. The van der Waals surface area contributed by atoms with Gasteiger partial charge in [0, 0.05) is 18.2 Å². The number of hydrogen-bond acceptors (Lipinski definition) is 4. The quantitative estimate of drug-likeness (QED) is 0.881. The van der Waals surface area contributed by atoms with Crippen LogP contribution in [0.5, 0.6) is 0 Å². The molecule has 1 atom stereocenters. The van der Waals surface area contributed by atoms with Crippen LogP contribution in [0.3, 0.4) is 0 Å². The van der Waals surface area contributed by atoms with Gasteiger partial charge < -0.3 is 10.5 Å². The zero-order valence-corrected chi connectivity index (χ0v) is 10.5. The number of rotatable bonds is 5. The summed E-state index contributed by atoms with van der Waals surface area (Å²) in [4.78, 5) is 11.8. The van der Waals surface area contributed by atoms with Crippen molar-refractivity contribution < 1.29 is 9.53 Å². The van der Waals surface area contributed by atoms with E-state index in [1.807, 2.05) is 23.6 Å². The number of ketones is 1. The molecule has 2 rings (SSSR count). The highest BCUT2D eigenvalue weighted by molar-refractivity contribution is 7.17. The van der Waals surface area contributed by atoms with Gasteiger partial charge >= 0.3 is 0 Å². The fourth-order valence-electron chi connectivity index (χ4n) is 1.76. The number of thiophene rings is 1. The second-order valence-corrected chi connectivity index (χ2v) is 4.87. The molecule has 2 N–H and O–H groups in total. The molecule has 3 nitrogen and oxygen atoms in total. The summed E-state index contributed by atoms with van der Waals surface area (Å²) >= 11 is 1.66. The van der Waals surface area contributed by atoms with Crippen LogP contribution in [0.4, 0.5) is 0 Å². The number of benzene rings is 1. The second kappa shape index (κ2) is 5.40. The molecule has 0 spiro atoms. The molecular formula is C13H15NO2S. The monoisotopic (exact) mass is 249 g/mol. The van der Waals surface area contributed by atoms with E-state index < -0.39 is 6.04 Å². The van der Waals surface area contributed by atoms with Crippen LogP contribution in [0.1, 0.15) is 5.56 Å². The van der Waals surface area contributed by atoms with Gasteiger partial charge in [-0.2, -0.15) is 0 Å². The molecule has 1 unspecified atom stereocenters. The van der Waals surface area contributed by atoms with Crippen LogP contribution in [0.2, 0.25) is 0 Å². The first-order valence-corrected chi connectivity index (χ1v) is 6.32. The Morgan fingerprint density at radius 1 is 1.47 bits per heavy atom. The average molecular weight is 249 g/mol. The minimum atomic E-state index is -0.529. The molecule has 0 aliphatic rings. The van der Waals surface area contributed by atoms with Gasteiger partial charge in [0.05, 0.1) is 12.6 Å². The lowest BCUT2D eigenvalue weighted by Gasteiger charge is -2.08. The van der Waals surface area contributed by atoms with Gasteiger partial charge in [0.15, 0.2) is 5.78 Å². The number of Topliss-reactive ketones (excluding diaryl/α,β-unsaturated/α-hetero) is 1. The number of methoxy groups -OCH3 is 1. The standard InChI is InChI=1S/C13H15NO2S/c1-16-7-11(14)12(15)6-9-8-17-13-5-3-2-4-10(9)13/h2-5,8,11H,6-7,14H2,1H3. The number of carbonyl (C=O) groups is 1. The Morgan fingerprint density at radius 2 is 2.24 bits per heavy atom. The van der Waals surface area contributed by atoms with Gasteiger partial charge in [0.2, 0.25) is 0 Å². The summed E-state index contributed by atoms with van der Waals surface area (Å²) in [5.41, 5.74) is 6.77. The maximum absolute atomic E-state index is 11.8. The summed E-state index contributed by atoms with van der Waals surface area (Å²) in [7, 11) is 1.55. The van der Waals surface area contributed by atoms with Crippen molar-refractivity contribution in [3.8, 4) is 0 Å². The summed E-state index contributed by atoms with van der Waals surface area (Å²) in [6.07, 6.45) is 0.383. The fourth-order valence-corrected chi connectivity index (χ4v) is 2.72. The summed E-state index contributed by atoms with van der Waals surface area (Å²) in [6.45, 7) is 0.279. The molecule has 0 bridgehead atoms. The van der Waals surface area contributed by atoms with E-state index in [4.69, 9.17) is 10.5 Å². The molecule has 0 aliphatic carbocycles. The minimum Gasteiger partial charge on any atom is -0.383 e. The topological polar surface area (TPSA) is 52.3 Å². The molecule has 0 saturated carbocycles. The van der Waals surface area contributed by atoms with E-state index in [1.165, 1.54) is 4.70 Å². The molecule has 1 aromatic heterocycles. The molecule has 0 fully saturated rings. The normalized spacial score (nSPS) is 12.8. The van der Waals surface area contributed by atoms with Crippen LogP contribution < -0.4 is 5.73 Å². The van der Waals surface area contributed by atoms with Crippen LogP contribution >= 0.6 is 11.3 Å². The molecule has 4 heteroatoms. The summed E-state index contributed by atoms with van der Waals surface area (Å²) in [5, 5.41) is 3.18. The van der Waals surface area contributed by atoms with Crippen molar-refractivity contribution in [2.75, 3.05) is 13.7 Å². The van der Waals surface area contributed by atoms with Gasteiger partial charge in [-0.25, -0.2) is 0 Å². The van der Waals surface area contributed by atoms with Crippen LogP contribution in [-0.4, -0.2) is 25.5 Å². The second-order valence-electron chi connectivity index (χ2n) is 3.96. The number of nitrogens with two attached hydrogens (primary N) is 1. The largest absolute Gasteiger partial charge is 0.383 e. The number of carbonyl (C=O) groups excluding carboxylic acids is 1. The van der Waals surface area contributed by atoms with Gasteiger partial charge in [-0.05, 0) is 22.4 Å². The molecule has 0 aliphatic heterocycles. The number of fused-ring (bicyclic) bond motifs is 1. The lowest BCUT2D eigenvalue weighted by molar-refractivity contribution is -0.120. The predicted molar refractivity (Wildman–Crippen MR) is 70.4 cm³/mol. The van der Waals surface area contributed by atoms with E-state index in [1.54, 1.807) is 18.4 Å². The third-order valence-electron chi connectivity index (χ3n) is 2.69. The maximum atomic E-state index is 11.8. The van der Waals surface area contributed by atoms with Crippen molar-refractivity contribution in [2.24, 2.45) is 5.73 Å². The van der Waals surface area contributed by atoms with E-state index in [0.29, 0.717) is 6.42 Å². The minimum absolute atomic E-state index is 0.0235. The van der Waals surface area contributed by atoms with Gasteiger partial charge in [0.25, 0.3) is 0 Å². The smallest absolute Gasteiger partial charge is 0.156 e. The summed E-state index contributed by atoms with van der Waals surface area (Å²) in [6, 6.07) is 7.55. The van der Waals surface area contributed by atoms with Gasteiger partial charge in [-0.1, -0.05) is 18.2 Å². The lowest BCUT2D eigenvalue weighted by Crippen LogP contribution is -2.35. The fraction of sp³-hybridized carbons (Fsp3) is 0.308. The molecule has 90 valence electrons. The van der Waals surface area contributed by atoms with Crippen LogP contribution in [0, 0.1) is 0 Å². The van der Waals surface area contributed by atoms with Crippen LogP contribution in [-0.2, 0) is 16.0 Å². The van der Waals surface area contributed by atoms with Crippen molar-refractivity contribution in [1.82, 2.24) is 0 Å². The van der Waals surface area contributed by atoms with Gasteiger partial charge in [0.1, 0.15) is 0 Å². The Kier molecular flexibility index (Phi) is 3.89. The first kappa shape index (κ1) is 12.2.